The smallest absolute Gasteiger partial charge is 0.191 e. The first-order valence-corrected chi connectivity index (χ1v) is 8.80. The normalized spacial score (nSPS) is 12.6. The minimum Gasteiger partial charge on any atom is -0.489 e. The van der Waals surface area contributed by atoms with Crippen LogP contribution in [0.1, 0.15) is 25.0 Å². The highest BCUT2D eigenvalue weighted by Crippen LogP contribution is 2.13. The van der Waals surface area contributed by atoms with Gasteiger partial charge in [0.15, 0.2) is 5.96 Å². The number of rotatable bonds is 7. The van der Waals surface area contributed by atoms with Crippen molar-refractivity contribution in [3.05, 3.63) is 58.9 Å². The van der Waals surface area contributed by atoms with Crippen LogP contribution in [0.15, 0.2) is 47.6 Å². The van der Waals surface area contributed by atoms with Gasteiger partial charge in [0.1, 0.15) is 17.0 Å². The van der Waals surface area contributed by atoms with Gasteiger partial charge < -0.3 is 15.4 Å². The summed E-state index contributed by atoms with van der Waals surface area (Å²) in [5, 5.41) is 7.02. The van der Waals surface area contributed by atoms with Crippen LogP contribution in [0, 0.1) is 6.92 Å². The lowest BCUT2D eigenvalue weighted by Crippen LogP contribution is -2.41. The van der Waals surface area contributed by atoms with Gasteiger partial charge in [-0.3, -0.25) is 0 Å². The van der Waals surface area contributed by atoms with E-state index in [2.05, 4.69) is 33.6 Å². The summed E-state index contributed by atoms with van der Waals surface area (Å²) in [7, 11) is 0. The molecule has 2 rings (SSSR count). The molecule has 0 bridgehead atoms. The Bertz CT molecular complexity index is 688. The molecule has 0 amide bonds. The number of hydrogen-bond acceptors (Lipinski definition) is 3. The molecule has 0 fully saturated rings. The Hall–Kier alpha value is -2.27. The third-order valence-corrected chi connectivity index (χ3v) is 3.66. The van der Waals surface area contributed by atoms with Gasteiger partial charge in [0, 0.05) is 12.7 Å². The van der Waals surface area contributed by atoms with Gasteiger partial charge in [-0.25, -0.2) is 9.98 Å². The lowest BCUT2D eigenvalue weighted by molar-refractivity contribution is 0.223. The van der Waals surface area contributed by atoms with Crippen LogP contribution in [0.25, 0.3) is 0 Å². The van der Waals surface area contributed by atoms with E-state index in [1.54, 1.807) is 12.3 Å². The molecule has 2 aromatic rings. The first-order valence-electron chi connectivity index (χ1n) is 8.42. The maximum atomic E-state index is 5.93. The van der Waals surface area contributed by atoms with Crippen molar-refractivity contribution in [1.29, 1.82) is 0 Å². The van der Waals surface area contributed by atoms with Crippen LogP contribution in [-0.4, -0.2) is 30.1 Å². The Kier molecular flexibility index (Phi) is 7.54. The second-order valence-corrected chi connectivity index (χ2v) is 6.20. The summed E-state index contributed by atoms with van der Waals surface area (Å²) >= 11 is 5.80. The van der Waals surface area contributed by atoms with Gasteiger partial charge in [-0.15, -0.1) is 0 Å². The number of aliphatic imine (C=N–C) groups is 1. The molecular weight excluding hydrogens is 336 g/mol. The molecule has 0 aliphatic carbocycles. The molecule has 0 spiro atoms. The lowest BCUT2D eigenvalue weighted by Gasteiger charge is -2.18. The predicted octanol–water partition coefficient (Wildman–Crippen LogP) is 3.57. The van der Waals surface area contributed by atoms with Gasteiger partial charge >= 0.3 is 0 Å². The summed E-state index contributed by atoms with van der Waals surface area (Å²) < 4.78 is 5.93. The third-order valence-electron chi connectivity index (χ3n) is 3.44. The van der Waals surface area contributed by atoms with E-state index in [1.165, 1.54) is 5.56 Å². The number of pyridine rings is 1. The zero-order valence-corrected chi connectivity index (χ0v) is 15.7. The van der Waals surface area contributed by atoms with E-state index in [0.717, 1.165) is 23.8 Å². The molecule has 0 aliphatic rings. The molecule has 1 unspecified atom stereocenters. The Morgan fingerprint density at radius 2 is 2.12 bits per heavy atom. The number of halogens is 1. The quantitative estimate of drug-likeness (QED) is 0.450. The third kappa shape index (κ3) is 7.01. The van der Waals surface area contributed by atoms with Crippen molar-refractivity contribution >= 4 is 17.6 Å². The molecule has 0 radical (unpaired) electrons. The van der Waals surface area contributed by atoms with Crippen LogP contribution in [-0.2, 0) is 6.54 Å². The Morgan fingerprint density at radius 3 is 2.80 bits per heavy atom. The van der Waals surface area contributed by atoms with Gasteiger partial charge in [-0.2, -0.15) is 0 Å². The number of aryl methyl sites for hydroxylation is 1. The van der Waals surface area contributed by atoms with Gasteiger partial charge in [-0.1, -0.05) is 29.8 Å². The van der Waals surface area contributed by atoms with Crippen molar-refractivity contribution < 1.29 is 4.74 Å². The van der Waals surface area contributed by atoms with Gasteiger partial charge in [0.25, 0.3) is 0 Å². The molecule has 1 heterocycles. The molecular formula is C19H25ClN4O. The summed E-state index contributed by atoms with van der Waals surface area (Å²) in [6.45, 7) is 8.09. The number of aromatic nitrogens is 1. The molecule has 6 heteroatoms. The molecule has 1 atom stereocenters. The van der Waals surface area contributed by atoms with Gasteiger partial charge in [-0.05, 0) is 50.1 Å². The van der Waals surface area contributed by atoms with Crippen LogP contribution in [0.2, 0.25) is 5.15 Å². The number of benzene rings is 1. The lowest BCUT2D eigenvalue weighted by atomic mass is 10.2. The molecule has 5 nitrogen and oxygen atoms in total. The number of ether oxygens (including phenoxy) is 1. The average molecular weight is 361 g/mol. The summed E-state index contributed by atoms with van der Waals surface area (Å²) in [4.78, 5) is 8.63. The van der Waals surface area contributed by atoms with E-state index in [-0.39, 0.29) is 6.10 Å². The fraction of sp³-hybridized carbons (Fsp3) is 0.368. The van der Waals surface area contributed by atoms with Crippen molar-refractivity contribution in [3.63, 3.8) is 0 Å². The fourth-order valence-electron chi connectivity index (χ4n) is 2.22. The standard InChI is InChI=1S/C19H25ClN4O/c1-4-21-19(24-13-16-8-9-18(20)22-12-16)23-11-15(3)25-17-7-5-6-14(2)10-17/h5-10,12,15H,4,11,13H2,1-3H3,(H2,21,23,24). The number of nitrogens with one attached hydrogen (secondary N) is 2. The van der Waals surface area contributed by atoms with E-state index in [4.69, 9.17) is 16.3 Å². The molecule has 134 valence electrons. The maximum Gasteiger partial charge on any atom is 0.191 e. The maximum absolute atomic E-state index is 5.93. The minimum absolute atomic E-state index is 0.0165. The van der Waals surface area contributed by atoms with E-state index < -0.39 is 0 Å². The molecule has 25 heavy (non-hydrogen) atoms. The molecule has 0 saturated heterocycles. The van der Waals surface area contributed by atoms with Crippen LogP contribution < -0.4 is 15.4 Å². The monoisotopic (exact) mass is 360 g/mol. The second-order valence-electron chi connectivity index (χ2n) is 5.81. The summed E-state index contributed by atoms with van der Waals surface area (Å²) in [6, 6.07) is 11.7. The van der Waals surface area contributed by atoms with Gasteiger partial charge in [0.05, 0.1) is 13.1 Å². The van der Waals surface area contributed by atoms with Crippen LogP contribution >= 0.6 is 11.6 Å². The van der Waals surface area contributed by atoms with Crippen LogP contribution in [0.3, 0.4) is 0 Å². The molecule has 1 aromatic carbocycles. The van der Waals surface area contributed by atoms with E-state index in [1.807, 2.05) is 38.1 Å². The number of nitrogens with zero attached hydrogens (tertiary/aromatic N) is 2. The second kappa shape index (κ2) is 9.89. The van der Waals surface area contributed by atoms with Gasteiger partial charge in [0.2, 0.25) is 0 Å². The van der Waals surface area contributed by atoms with E-state index in [0.29, 0.717) is 18.2 Å². The van der Waals surface area contributed by atoms with E-state index >= 15 is 0 Å². The van der Waals surface area contributed by atoms with Crippen LogP contribution in [0.5, 0.6) is 5.75 Å². The van der Waals surface area contributed by atoms with Crippen molar-refractivity contribution in [2.75, 3.05) is 13.1 Å². The summed E-state index contributed by atoms with van der Waals surface area (Å²) in [5.74, 6) is 1.63. The minimum atomic E-state index is 0.0165. The van der Waals surface area contributed by atoms with Crippen LogP contribution in [0.4, 0.5) is 0 Å². The van der Waals surface area contributed by atoms with Crippen molar-refractivity contribution in [2.24, 2.45) is 4.99 Å². The Morgan fingerprint density at radius 1 is 1.28 bits per heavy atom. The molecule has 0 saturated carbocycles. The topological polar surface area (TPSA) is 58.5 Å². The zero-order valence-electron chi connectivity index (χ0n) is 14.9. The highest BCUT2D eigenvalue weighted by Gasteiger charge is 2.06. The number of hydrogen-bond donors (Lipinski definition) is 2. The van der Waals surface area contributed by atoms with Crippen molar-refractivity contribution in [3.8, 4) is 5.75 Å². The highest BCUT2D eigenvalue weighted by atomic mass is 35.5. The first kappa shape index (κ1) is 19.1. The SMILES string of the molecule is CCNC(=NCc1ccc(Cl)nc1)NCC(C)Oc1cccc(C)c1. The molecule has 1 aromatic heterocycles. The molecule has 2 N–H and O–H groups in total. The fourth-order valence-corrected chi connectivity index (χ4v) is 2.33. The highest BCUT2D eigenvalue weighted by molar-refractivity contribution is 6.29. The number of guanidine groups is 1. The Labute approximate surface area is 154 Å². The zero-order chi connectivity index (χ0) is 18.1. The predicted molar refractivity (Wildman–Crippen MR) is 103 cm³/mol. The first-order chi connectivity index (χ1) is 12.1. The largest absolute Gasteiger partial charge is 0.489 e. The molecule has 0 aliphatic heterocycles. The summed E-state index contributed by atoms with van der Waals surface area (Å²) in [5.41, 5.74) is 2.19. The average Bonchev–Trinajstić information content (AvgIpc) is 2.59. The van der Waals surface area contributed by atoms with E-state index in [9.17, 15) is 0 Å². The van der Waals surface area contributed by atoms with Crippen molar-refractivity contribution in [1.82, 2.24) is 15.6 Å². The summed E-state index contributed by atoms with van der Waals surface area (Å²) in [6.07, 6.45) is 1.75. The van der Waals surface area contributed by atoms with Crippen molar-refractivity contribution in [2.45, 2.75) is 33.4 Å². The Balaban J connectivity index is 1.87.